The van der Waals surface area contributed by atoms with E-state index in [1.165, 1.54) is 18.7 Å². The number of nitrogens with zero attached hydrogens (tertiary/aromatic N) is 1. The normalized spacial score (nSPS) is 19.5. The van der Waals surface area contributed by atoms with Crippen LogP contribution in [0.5, 0.6) is 0 Å². The van der Waals surface area contributed by atoms with E-state index in [2.05, 4.69) is 5.32 Å². The molecule has 0 aromatic rings. The maximum absolute atomic E-state index is 11.9. The molecule has 8 heteroatoms. The molecule has 1 unspecified atom stereocenters. The van der Waals surface area contributed by atoms with Crippen LogP contribution >= 0.6 is 0 Å². The topological polar surface area (TPSA) is 130 Å². The van der Waals surface area contributed by atoms with E-state index in [1.54, 1.807) is 0 Å². The molecule has 0 aromatic heterocycles. The van der Waals surface area contributed by atoms with E-state index in [9.17, 15) is 19.2 Å². The van der Waals surface area contributed by atoms with Crippen molar-refractivity contribution in [3.8, 4) is 0 Å². The maximum atomic E-state index is 11.9. The van der Waals surface area contributed by atoms with Gasteiger partial charge in [-0.05, 0) is 26.7 Å². The highest BCUT2D eigenvalue weighted by atomic mass is 16.4. The molecular formula is C13H19N3O5. The first-order valence-corrected chi connectivity index (χ1v) is 6.54. The number of carboxylic acids is 1. The van der Waals surface area contributed by atoms with Gasteiger partial charge >= 0.3 is 12.0 Å². The molecular weight excluding hydrogens is 278 g/mol. The highest BCUT2D eigenvalue weighted by molar-refractivity contribution is 6.07. The van der Waals surface area contributed by atoms with Crippen LogP contribution in [0.4, 0.5) is 4.79 Å². The summed E-state index contributed by atoms with van der Waals surface area (Å²) in [6.45, 7) is 3.19. The molecule has 0 aromatic carbocycles. The molecule has 0 bridgehead atoms. The van der Waals surface area contributed by atoms with Gasteiger partial charge in [0.25, 0.3) is 5.91 Å². The third-order valence-electron chi connectivity index (χ3n) is 3.56. The van der Waals surface area contributed by atoms with Gasteiger partial charge in [-0.25, -0.2) is 9.59 Å². The van der Waals surface area contributed by atoms with Gasteiger partial charge in [0.15, 0.2) is 0 Å². The maximum Gasteiger partial charge on any atom is 0.331 e. The molecule has 0 radical (unpaired) electrons. The zero-order chi connectivity index (χ0) is 16.2. The lowest BCUT2D eigenvalue weighted by Crippen LogP contribution is -2.49. The highest BCUT2D eigenvalue weighted by Crippen LogP contribution is 2.16. The smallest absolute Gasteiger partial charge is 0.331 e. The Hall–Kier alpha value is -2.38. The Bertz CT molecular complexity index is 512. The largest absolute Gasteiger partial charge is 0.478 e. The van der Waals surface area contributed by atoms with Crippen LogP contribution in [-0.4, -0.2) is 46.9 Å². The lowest BCUT2D eigenvalue weighted by Gasteiger charge is -2.30. The van der Waals surface area contributed by atoms with Crippen molar-refractivity contribution in [2.24, 2.45) is 11.7 Å². The number of likely N-dealkylation sites (tertiary alicyclic amines) is 1. The van der Waals surface area contributed by atoms with Crippen molar-refractivity contribution in [3.05, 3.63) is 11.1 Å². The third kappa shape index (κ3) is 4.30. The SMILES string of the molecule is CC(C(=O)O)=C(C)C(=O)NC(=O)N1CCCC(C(N)=O)C1. The summed E-state index contributed by atoms with van der Waals surface area (Å²) in [4.78, 5) is 47.0. The average Bonchev–Trinajstić information content (AvgIpc) is 2.45. The molecule has 116 valence electrons. The zero-order valence-electron chi connectivity index (χ0n) is 12.0. The molecule has 0 spiro atoms. The average molecular weight is 297 g/mol. The second-order valence-corrected chi connectivity index (χ2v) is 5.00. The quantitative estimate of drug-likeness (QED) is 0.623. The van der Waals surface area contributed by atoms with Gasteiger partial charge < -0.3 is 15.7 Å². The lowest BCUT2D eigenvalue weighted by atomic mass is 9.98. The summed E-state index contributed by atoms with van der Waals surface area (Å²) >= 11 is 0. The molecule has 1 atom stereocenters. The van der Waals surface area contributed by atoms with Gasteiger partial charge in [-0.2, -0.15) is 0 Å². The summed E-state index contributed by atoms with van der Waals surface area (Å²) in [7, 11) is 0. The number of nitrogens with one attached hydrogen (secondary N) is 1. The van der Waals surface area contributed by atoms with Crippen molar-refractivity contribution in [2.45, 2.75) is 26.7 Å². The zero-order valence-corrected chi connectivity index (χ0v) is 12.0. The molecule has 0 aliphatic carbocycles. The molecule has 4 N–H and O–H groups in total. The first kappa shape index (κ1) is 16.7. The van der Waals surface area contributed by atoms with Gasteiger partial charge in [-0.15, -0.1) is 0 Å². The van der Waals surface area contributed by atoms with Crippen molar-refractivity contribution in [3.63, 3.8) is 0 Å². The Morgan fingerprint density at radius 1 is 1.19 bits per heavy atom. The standard InChI is InChI=1S/C13H19N3O5/c1-7(8(2)12(19)20)11(18)15-13(21)16-5-3-4-9(6-16)10(14)17/h9H,3-6H2,1-2H3,(H2,14,17)(H,19,20)(H,15,18,21). The number of piperidine rings is 1. The summed E-state index contributed by atoms with van der Waals surface area (Å²) in [5, 5.41) is 10.9. The van der Waals surface area contributed by atoms with Crippen LogP contribution in [0.15, 0.2) is 11.1 Å². The van der Waals surface area contributed by atoms with Crippen LogP contribution in [0, 0.1) is 5.92 Å². The van der Waals surface area contributed by atoms with E-state index in [-0.39, 0.29) is 17.7 Å². The van der Waals surface area contributed by atoms with E-state index in [0.29, 0.717) is 19.4 Å². The van der Waals surface area contributed by atoms with Crippen LogP contribution in [0.2, 0.25) is 0 Å². The molecule has 0 saturated carbocycles. The van der Waals surface area contributed by atoms with Crippen molar-refractivity contribution in [1.82, 2.24) is 10.2 Å². The molecule has 8 nitrogen and oxygen atoms in total. The van der Waals surface area contributed by atoms with E-state index in [0.717, 1.165) is 0 Å². The Labute approximate surface area is 122 Å². The number of urea groups is 1. The van der Waals surface area contributed by atoms with Gasteiger partial charge in [0.1, 0.15) is 0 Å². The first-order valence-electron chi connectivity index (χ1n) is 6.54. The van der Waals surface area contributed by atoms with Crippen LogP contribution in [0.25, 0.3) is 0 Å². The van der Waals surface area contributed by atoms with Crippen molar-refractivity contribution in [1.29, 1.82) is 0 Å². The lowest BCUT2D eigenvalue weighted by molar-refractivity contribution is -0.133. The van der Waals surface area contributed by atoms with Gasteiger partial charge in [0.2, 0.25) is 5.91 Å². The Morgan fingerprint density at radius 2 is 1.81 bits per heavy atom. The summed E-state index contributed by atoms with van der Waals surface area (Å²) in [5.74, 6) is -2.88. The minimum absolute atomic E-state index is 0.0423. The van der Waals surface area contributed by atoms with Crippen molar-refractivity contribution in [2.75, 3.05) is 13.1 Å². The van der Waals surface area contributed by atoms with Crippen LogP contribution in [0.3, 0.4) is 0 Å². The van der Waals surface area contributed by atoms with Gasteiger partial charge in [0, 0.05) is 24.2 Å². The van der Waals surface area contributed by atoms with E-state index >= 15 is 0 Å². The molecule has 1 aliphatic heterocycles. The van der Waals surface area contributed by atoms with Gasteiger partial charge in [0.05, 0.1) is 5.92 Å². The number of primary amides is 1. The number of rotatable bonds is 3. The van der Waals surface area contributed by atoms with Crippen LogP contribution in [-0.2, 0) is 14.4 Å². The second-order valence-electron chi connectivity index (χ2n) is 5.00. The van der Waals surface area contributed by atoms with Crippen LogP contribution in [0.1, 0.15) is 26.7 Å². The summed E-state index contributed by atoms with van der Waals surface area (Å²) < 4.78 is 0. The Kier molecular flexibility index (Phi) is 5.45. The number of hydrogen-bond donors (Lipinski definition) is 3. The first-order chi connectivity index (χ1) is 9.73. The number of carbonyl (C=O) groups is 4. The fourth-order valence-electron chi connectivity index (χ4n) is 1.99. The number of carboxylic acid groups (broad SMARTS) is 1. The number of aliphatic carboxylic acids is 1. The Morgan fingerprint density at radius 3 is 2.33 bits per heavy atom. The third-order valence-corrected chi connectivity index (χ3v) is 3.56. The van der Waals surface area contributed by atoms with Gasteiger partial charge in [-0.1, -0.05) is 0 Å². The number of imide groups is 1. The summed E-state index contributed by atoms with van der Waals surface area (Å²) in [5.41, 5.74) is 5.04. The number of carbonyl (C=O) groups excluding carboxylic acids is 3. The second kappa shape index (κ2) is 6.87. The van der Waals surface area contributed by atoms with Gasteiger partial charge in [-0.3, -0.25) is 14.9 Å². The molecule has 21 heavy (non-hydrogen) atoms. The predicted octanol–water partition coefficient (Wildman–Crippen LogP) is -0.159. The fraction of sp³-hybridized carbons (Fsp3) is 0.538. The highest BCUT2D eigenvalue weighted by Gasteiger charge is 2.28. The predicted molar refractivity (Wildman–Crippen MR) is 73.0 cm³/mol. The molecule has 1 saturated heterocycles. The molecule has 1 fully saturated rings. The van der Waals surface area contributed by atoms with E-state index in [1.807, 2.05) is 0 Å². The van der Waals surface area contributed by atoms with Crippen LogP contribution < -0.4 is 11.1 Å². The molecule has 1 heterocycles. The molecule has 4 amide bonds. The minimum atomic E-state index is -1.22. The van der Waals surface area contributed by atoms with Crippen molar-refractivity contribution < 1.29 is 24.3 Å². The molecule has 1 rings (SSSR count). The number of amides is 4. The fourth-order valence-corrected chi connectivity index (χ4v) is 1.99. The Balaban J connectivity index is 2.69. The number of nitrogens with two attached hydrogens (primary N) is 1. The summed E-state index contributed by atoms with van der Waals surface area (Å²) in [6.07, 6.45) is 1.24. The minimum Gasteiger partial charge on any atom is -0.478 e. The van der Waals surface area contributed by atoms with Crippen molar-refractivity contribution >= 4 is 23.8 Å². The van der Waals surface area contributed by atoms with E-state index < -0.39 is 29.7 Å². The molecule has 1 aliphatic rings. The summed E-state index contributed by atoms with van der Waals surface area (Å²) in [6, 6.07) is -0.650. The van der Waals surface area contributed by atoms with E-state index in [4.69, 9.17) is 10.8 Å². The monoisotopic (exact) mass is 297 g/mol. The number of hydrogen-bond acceptors (Lipinski definition) is 4.